The molecular weight excluding hydrogens is 238 g/mol. The third-order valence-electron chi connectivity index (χ3n) is 2.39. The molecule has 2 rings (SSSR count). The largest absolute Gasteiger partial charge is 0.197 e. The van der Waals surface area contributed by atoms with Crippen LogP contribution in [0.15, 0.2) is 35.4 Å². The number of nitrogens with one attached hydrogen (secondary N) is 1. The minimum Gasteiger partial charge on any atom is -0.197 e. The van der Waals surface area contributed by atoms with E-state index in [1.54, 1.807) is 0 Å². The summed E-state index contributed by atoms with van der Waals surface area (Å²) in [5, 5.41) is 11.6. The summed E-state index contributed by atoms with van der Waals surface area (Å²) in [5.74, 6) is 0. The zero-order valence-corrected chi connectivity index (χ0v) is 10.5. The lowest BCUT2D eigenvalue weighted by atomic mass is 10.1. The molecule has 2 aromatic rings. The van der Waals surface area contributed by atoms with Gasteiger partial charge in [-0.25, -0.2) is 0 Å². The number of hydrogen-bond acceptors (Lipinski definition) is 4. The van der Waals surface area contributed by atoms with Crippen LogP contribution in [0.5, 0.6) is 0 Å². The second kappa shape index (κ2) is 5.96. The van der Waals surface area contributed by atoms with Crippen molar-refractivity contribution in [2.45, 2.75) is 24.3 Å². The molecule has 3 nitrogen and oxygen atoms in total. The first-order chi connectivity index (χ1) is 7.90. The number of aromatic nitrogens is 3. The molecule has 84 valence electrons. The molecule has 0 amide bonds. The molecule has 0 atom stereocenters. The van der Waals surface area contributed by atoms with Crippen LogP contribution >= 0.6 is 22.5 Å². The molecule has 1 heterocycles. The Bertz CT molecular complexity index is 428. The monoisotopic (exact) mass is 251 g/mol. The van der Waals surface area contributed by atoms with Crippen molar-refractivity contribution in [1.29, 1.82) is 0 Å². The number of H-pyrrole nitrogens is 1. The van der Waals surface area contributed by atoms with Crippen LogP contribution in [0, 0.1) is 0 Å². The fraction of sp³-hybridized carbons (Fsp3) is 0.273. The van der Waals surface area contributed by atoms with Crippen LogP contribution < -0.4 is 0 Å². The summed E-state index contributed by atoms with van der Waals surface area (Å²) in [4.78, 5) is 0. The van der Waals surface area contributed by atoms with Gasteiger partial charge in [0, 0.05) is 0 Å². The molecule has 5 heteroatoms. The summed E-state index contributed by atoms with van der Waals surface area (Å²) >= 11 is 4.13. The predicted octanol–water partition coefficient (Wildman–Crippen LogP) is 2.92. The predicted molar refractivity (Wildman–Crippen MR) is 69.7 cm³/mol. The fourth-order valence-corrected chi connectivity index (χ4v) is 2.36. The molecule has 0 aliphatic rings. The van der Waals surface area contributed by atoms with E-state index >= 15 is 0 Å². The topological polar surface area (TPSA) is 41.6 Å². The molecule has 0 saturated heterocycles. The van der Waals surface area contributed by atoms with Crippen LogP contribution in [0.25, 0.3) is 0 Å². The van der Waals surface area contributed by atoms with Crippen LogP contribution in [-0.2, 0) is 12.8 Å². The van der Waals surface area contributed by atoms with Gasteiger partial charge in [-0.3, -0.25) is 0 Å². The van der Waals surface area contributed by atoms with E-state index in [1.807, 2.05) is 6.07 Å². The van der Waals surface area contributed by atoms with Gasteiger partial charge < -0.3 is 0 Å². The van der Waals surface area contributed by atoms with E-state index in [4.69, 9.17) is 0 Å². The smallest absolute Gasteiger partial charge is 0.152 e. The van der Waals surface area contributed by atoms with E-state index in [0.717, 1.165) is 30.0 Å². The number of hydrogen-bond donors (Lipinski definition) is 2. The molecule has 0 spiro atoms. The third kappa shape index (κ3) is 3.02. The summed E-state index contributed by atoms with van der Waals surface area (Å²) in [5.41, 5.74) is 2.38. The van der Waals surface area contributed by atoms with Crippen molar-refractivity contribution in [3.63, 3.8) is 0 Å². The van der Waals surface area contributed by atoms with Gasteiger partial charge in [0.2, 0.25) is 0 Å². The van der Waals surface area contributed by atoms with Crippen LogP contribution in [-0.4, -0.2) is 15.4 Å². The summed E-state index contributed by atoms with van der Waals surface area (Å²) in [7, 11) is 1.34. The van der Waals surface area contributed by atoms with Gasteiger partial charge in [0.25, 0.3) is 0 Å². The second-order valence-electron chi connectivity index (χ2n) is 3.51. The van der Waals surface area contributed by atoms with Crippen LogP contribution in [0.3, 0.4) is 0 Å². The Kier molecular flexibility index (Phi) is 4.30. The van der Waals surface area contributed by atoms with Gasteiger partial charge in [0.1, 0.15) is 0 Å². The molecule has 1 N–H and O–H groups in total. The minimum absolute atomic E-state index is 0.886. The summed E-state index contributed by atoms with van der Waals surface area (Å²) < 4.78 is 0. The third-order valence-corrected chi connectivity index (χ3v) is 3.41. The number of aryl methyl sites for hydroxylation is 2. The van der Waals surface area contributed by atoms with E-state index < -0.39 is 0 Å². The van der Waals surface area contributed by atoms with Crippen molar-refractivity contribution in [2.75, 3.05) is 0 Å². The second-order valence-corrected chi connectivity index (χ2v) is 4.62. The van der Waals surface area contributed by atoms with Gasteiger partial charge in [-0.1, -0.05) is 30.3 Å². The minimum atomic E-state index is 0.886. The summed E-state index contributed by atoms with van der Waals surface area (Å²) in [6.07, 6.45) is 3.09. The Hall–Kier alpha value is -0.940. The molecule has 0 radical (unpaired) electrons. The van der Waals surface area contributed by atoms with E-state index in [2.05, 4.69) is 51.3 Å². The van der Waals surface area contributed by atoms with Gasteiger partial charge in [0.05, 0.1) is 5.69 Å². The SMILES string of the molecule is SSc1n[nH]nc1CCCc1ccccc1. The van der Waals surface area contributed by atoms with Crippen molar-refractivity contribution in [3.8, 4) is 0 Å². The van der Waals surface area contributed by atoms with Crippen molar-refractivity contribution >= 4 is 22.5 Å². The Morgan fingerprint density at radius 1 is 1.12 bits per heavy atom. The normalized spacial score (nSPS) is 10.6. The lowest BCUT2D eigenvalue weighted by Crippen LogP contribution is -1.91. The molecular formula is C11H13N3S2. The molecule has 1 aromatic carbocycles. The molecule has 1 aromatic heterocycles. The number of benzene rings is 1. The molecule has 0 aliphatic carbocycles. The lowest BCUT2D eigenvalue weighted by Gasteiger charge is -2.00. The molecule has 0 bridgehead atoms. The van der Waals surface area contributed by atoms with Gasteiger partial charge in [-0.2, -0.15) is 10.3 Å². The quantitative estimate of drug-likeness (QED) is 0.634. The Morgan fingerprint density at radius 2 is 1.94 bits per heavy atom. The van der Waals surface area contributed by atoms with E-state index in [0.29, 0.717) is 0 Å². The first-order valence-corrected chi connectivity index (χ1v) is 7.02. The number of nitrogens with zero attached hydrogens (tertiary/aromatic N) is 2. The molecule has 0 saturated carbocycles. The standard InChI is InChI=1S/C11H13N3S2/c15-16-11-10(12-14-13-11)8-4-7-9-5-2-1-3-6-9/h1-3,5-6,15H,4,7-8H2,(H,12,13,14). The maximum absolute atomic E-state index is 4.13. The highest BCUT2D eigenvalue weighted by Gasteiger charge is 2.06. The number of thiol groups is 1. The number of aromatic amines is 1. The van der Waals surface area contributed by atoms with Crippen molar-refractivity contribution in [2.24, 2.45) is 0 Å². The first kappa shape index (κ1) is 11.5. The van der Waals surface area contributed by atoms with Crippen molar-refractivity contribution in [3.05, 3.63) is 41.6 Å². The number of rotatable bonds is 5. The van der Waals surface area contributed by atoms with Gasteiger partial charge >= 0.3 is 0 Å². The van der Waals surface area contributed by atoms with E-state index in [-0.39, 0.29) is 0 Å². The van der Waals surface area contributed by atoms with E-state index in [9.17, 15) is 0 Å². The zero-order chi connectivity index (χ0) is 11.2. The van der Waals surface area contributed by atoms with Crippen molar-refractivity contribution in [1.82, 2.24) is 15.4 Å². The molecule has 0 unspecified atom stereocenters. The molecule has 0 fully saturated rings. The molecule has 0 aliphatic heterocycles. The molecule has 16 heavy (non-hydrogen) atoms. The summed E-state index contributed by atoms with van der Waals surface area (Å²) in [6.45, 7) is 0. The Labute approximate surface area is 104 Å². The van der Waals surface area contributed by atoms with Crippen molar-refractivity contribution < 1.29 is 0 Å². The summed E-state index contributed by atoms with van der Waals surface area (Å²) in [6, 6.07) is 10.5. The van der Waals surface area contributed by atoms with Crippen LogP contribution in [0.4, 0.5) is 0 Å². The average molecular weight is 251 g/mol. The van der Waals surface area contributed by atoms with Crippen LogP contribution in [0.1, 0.15) is 17.7 Å². The van der Waals surface area contributed by atoms with Gasteiger partial charge in [0.15, 0.2) is 5.03 Å². The highest BCUT2D eigenvalue weighted by Crippen LogP contribution is 2.22. The first-order valence-electron chi connectivity index (χ1n) is 5.15. The Balaban J connectivity index is 1.85. The highest BCUT2D eigenvalue weighted by molar-refractivity contribution is 8.68. The average Bonchev–Trinajstić information content (AvgIpc) is 2.78. The maximum atomic E-state index is 4.13. The Morgan fingerprint density at radius 3 is 2.69 bits per heavy atom. The fourth-order valence-electron chi connectivity index (χ4n) is 1.58. The van der Waals surface area contributed by atoms with Crippen LogP contribution in [0.2, 0.25) is 0 Å². The highest BCUT2D eigenvalue weighted by atomic mass is 33.1. The maximum Gasteiger partial charge on any atom is 0.152 e. The lowest BCUT2D eigenvalue weighted by molar-refractivity contribution is 0.783. The van der Waals surface area contributed by atoms with E-state index in [1.165, 1.54) is 16.4 Å². The zero-order valence-electron chi connectivity index (χ0n) is 8.76. The van der Waals surface area contributed by atoms with Gasteiger partial charge in [-0.15, -0.1) is 16.8 Å². The van der Waals surface area contributed by atoms with Gasteiger partial charge in [-0.05, 0) is 35.6 Å².